The number of hydrogen-bond donors (Lipinski definition) is 2. The molecule has 0 aliphatic heterocycles. The van der Waals surface area contributed by atoms with Gasteiger partial charge in [0.25, 0.3) is 0 Å². The summed E-state index contributed by atoms with van der Waals surface area (Å²) in [6.07, 6.45) is 8.64. The van der Waals surface area contributed by atoms with E-state index in [1.807, 2.05) is 20.8 Å². The van der Waals surface area contributed by atoms with Crippen molar-refractivity contribution in [2.24, 2.45) is 23.5 Å². The van der Waals surface area contributed by atoms with Crippen molar-refractivity contribution in [3.8, 4) is 0 Å². The highest BCUT2D eigenvalue weighted by atomic mass is 16.2. The minimum atomic E-state index is -0.402. The third-order valence-corrected chi connectivity index (χ3v) is 4.43. The second-order valence-corrected chi connectivity index (χ2v) is 7.61. The van der Waals surface area contributed by atoms with Crippen LogP contribution >= 0.6 is 0 Å². The molecule has 0 heterocycles. The molecule has 4 heteroatoms. The summed E-state index contributed by atoms with van der Waals surface area (Å²) in [7, 11) is 0. The molecule has 0 aromatic rings. The van der Waals surface area contributed by atoms with Gasteiger partial charge in [0.05, 0.1) is 0 Å². The maximum absolute atomic E-state index is 12.7. The van der Waals surface area contributed by atoms with Gasteiger partial charge in [0, 0.05) is 17.4 Å². The molecule has 0 aromatic heterocycles. The molecule has 1 fully saturated rings. The highest BCUT2D eigenvalue weighted by molar-refractivity contribution is 5.87. The number of nitrogens with two attached hydrogens (primary N) is 1. The summed E-state index contributed by atoms with van der Waals surface area (Å²) in [5.41, 5.74) is 5.30. The normalized spacial score (nSPS) is 18.7. The first-order valence-corrected chi connectivity index (χ1v) is 8.47. The Morgan fingerprint density at radius 3 is 2.32 bits per heavy atom. The van der Waals surface area contributed by atoms with Gasteiger partial charge in [-0.3, -0.25) is 9.59 Å². The van der Waals surface area contributed by atoms with Crippen molar-refractivity contribution >= 4 is 11.8 Å². The summed E-state index contributed by atoms with van der Waals surface area (Å²) < 4.78 is 0. The van der Waals surface area contributed by atoms with E-state index in [0.29, 0.717) is 18.8 Å². The van der Waals surface area contributed by atoms with E-state index < -0.39 is 5.92 Å². The van der Waals surface area contributed by atoms with E-state index in [0.717, 1.165) is 19.3 Å². The number of amides is 2. The molecular formula is C18H32N2O2. The molecule has 1 aliphatic carbocycles. The molecule has 126 valence electrons. The predicted octanol–water partition coefficient (Wildman–Crippen LogP) is 3.17. The van der Waals surface area contributed by atoms with Crippen LogP contribution in [0.5, 0.6) is 0 Å². The zero-order chi connectivity index (χ0) is 16.8. The number of nitrogens with one attached hydrogen (secondary N) is 1. The van der Waals surface area contributed by atoms with Gasteiger partial charge in [-0.25, -0.2) is 0 Å². The van der Waals surface area contributed by atoms with E-state index in [9.17, 15) is 9.59 Å². The van der Waals surface area contributed by atoms with Crippen molar-refractivity contribution < 1.29 is 9.59 Å². The fourth-order valence-electron chi connectivity index (χ4n) is 3.36. The summed E-state index contributed by atoms with van der Waals surface area (Å²) >= 11 is 0. The van der Waals surface area contributed by atoms with Crippen LogP contribution in [0.15, 0.2) is 12.7 Å². The highest BCUT2D eigenvalue weighted by Gasteiger charge is 2.35. The molecule has 0 spiro atoms. The van der Waals surface area contributed by atoms with Crippen molar-refractivity contribution in [1.82, 2.24) is 5.32 Å². The molecule has 3 N–H and O–H groups in total. The lowest BCUT2D eigenvalue weighted by molar-refractivity contribution is -0.135. The Hall–Kier alpha value is -1.32. The zero-order valence-electron chi connectivity index (χ0n) is 14.4. The minimum absolute atomic E-state index is 0.0349. The molecule has 0 saturated heterocycles. The fourth-order valence-corrected chi connectivity index (χ4v) is 3.36. The van der Waals surface area contributed by atoms with Crippen molar-refractivity contribution in [2.45, 2.75) is 71.3 Å². The summed E-state index contributed by atoms with van der Waals surface area (Å²) in [5.74, 6) is -0.580. The molecule has 1 saturated carbocycles. The van der Waals surface area contributed by atoms with Crippen molar-refractivity contribution in [1.29, 1.82) is 0 Å². The quantitative estimate of drug-likeness (QED) is 0.676. The molecule has 0 bridgehead atoms. The monoisotopic (exact) mass is 308 g/mol. The lowest BCUT2D eigenvalue weighted by Crippen LogP contribution is -2.48. The van der Waals surface area contributed by atoms with Crippen LogP contribution in [0.1, 0.15) is 65.7 Å². The largest absolute Gasteiger partial charge is 0.369 e. The third kappa shape index (κ3) is 6.20. The smallest absolute Gasteiger partial charge is 0.224 e. The SMILES string of the molecule is C=CCCC(C(N)=O)C(CC1CCCC1)C(=O)NC(C)(C)C. The fraction of sp³-hybridized carbons (Fsp3) is 0.778. The van der Waals surface area contributed by atoms with Gasteiger partial charge in [-0.15, -0.1) is 6.58 Å². The van der Waals surface area contributed by atoms with Gasteiger partial charge in [-0.1, -0.05) is 31.8 Å². The van der Waals surface area contributed by atoms with Crippen LogP contribution in [0.4, 0.5) is 0 Å². The molecular weight excluding hydrogens is 276 g/mol. The van der Waals surface area contributed by atoms with Gasteiger partial charge in [0.15, 0.2) is 0 Å². The zero-order valence-corrected chi connectivity index (χ0v) is 14.4. The van der Waals surface area contributed by atoms with Crippen LogP contribution in [-0.4, -0.2) is 17.4 Å². The number of allylic oxidation sites excluding steroid dienone is 1. The van der Waals surface area contributed by atoms with E-state index in [4.69, 9.17) is 5.73 Å². The highest BCUT2D eigenvalue weighted by Crippen LogP contribution is 2.34. The lowest BCUT2D eigenvalue weighted by Gasteiger charge is -2.30. The van der Waals surface area contributed by atoms with Gasteiger partial charge < -0.3 is 11.1 Å². The minimum Gasteiger partial charge on any atom is -0.369 e. The first-order valence-electron chi connectivity index (χ1n) is 8.47. The molecule has 0 aromatic carbocycles. The Kier molecular flexibility index (Phi) is 7.11. The predicted molar refractivity (Wildman–Crippen MR) is 90.1 cm³/mol. The Bertz CT molecular complexity index is 392. The molecule has 1 aliphatic rings. The van der Waals surface area contributed by atoms with E-state index in [-0.39, 0.29) is 23.3 Å². The van der Waals surface area contributed by atoms with Crippen molar-refractivity contribution in [2.75, 3.05) is 0 Å². The van der Waals surface area contributed by atoms with E-state index >= 15 is 0 Å². The molecule has 0 radical (unpaired) electrons. The van der Waals surface area contributed by atoms with Crippen LogP contribution in [0.25, 0.3) is 0 Å². The van der Waals surface area contributed by atoms with Crippen molar-refractivity contribution in [3.05, 3.63) is 12.7 Å². The summed E-state index contributed by atoms with van der Waals surface area (Å²) in [6, 6.07) is 0. The number of rotatable bonds is 8. The van der Waals surface area contributed by atoms with Crippen molar-refractivity contribution in [3.63, 3.8) is 0 Å². The second kappa shape index (κ2) is 8.35. The van der Waals surface area contributed by atoms with E-state index in [1.165, 1.54) is 12.8 Å². The van der Waals surface area contributed by atoms with E-state index in [2.05, 4.69) is 11.9 Å². The number of hydrogen-bond acceptors (Lipinski definition) is 2. The summed E-state index contributed by atoms with van der Waals surface area (Å²) in [5, 5.41) is 3.03. The van der Waals surface area contributed by atoms with Gasteiger partial charge in [0.1, 0.15) is 0 Å². The Balaban J connectivity index is 2.88. The summed E-state index contributed by atoms with van der Waals surface area (Å²) in [6.45, 7) is 9.58. The maximum Gasteiger partial charge on any atom is 0.224 e. The molecule has 22 heavy (non-hydrogen) atoms. The number of carbonyl (C=O) groups is 2. The van der Waals surface area contributed by atoms with Crippen LogP contribution in [0, 0.1) is 17.8 Å². The molecule has 1 rings (SSSR count). The van der Waals surface area contributed by atoms with Crippen LogP contribution < -0.4 is 11.1 Å². The topological polar surface area (TPSA) is 72.2 Å². The Morgan fingerprint density at radius 2 is 1.86 bits per heavy atom. The average molecular weight is 308 g/mol. The van der Waals surface area contributed by atoms with Gasteiger partial charge in [-0.05, 0) is 46.0 Å². The van der Waals surface area contributed by atoms with E-state index in [1.54, 1.807) is 6.08 Å². The number of carbonyl (C=O) groups excluding carboxylic acids is 2. The first-order chi connectivity index (χ1) is 10.2. The Morgan fingerprint density at radius 1 is 1.27 bits per heavy atom. The van der Waals surface area contributed by atoms with Crippen LogP contribution in [0.3, 0.4) is 0 Å². The summed E-state index contributed by atoms with van der Waals surface area (Å²) in [4.78, 5) is 24.6. The van der Waals surface area contributed by atoms with Crippen LogP contribution in [0.2, 0.25) is 0 Å². The Labute approximate surface area is 134 Å². The van der Waals surface area contributed by atoms with Gasteiger partial charge in [0.2, 0.25) is 11.8 Å². The van der Waals surface area contributed by atoms with Gasteiger partial charge in [-0.2, -0.15) is 0 Å². The molecule has 2 unspecified atom stereocenters. The van der Waals surface area contributed by atoms with Gasteiger partial charge >= 0.3 is 0 Å². The molecule has 2 amide bonds. The number of primary amides is 1. The molecule has 4 nitrogen and oxygen atoms in total. The maximum atomic E-state index is 12.7. The standard InChI is InChI=1S/C18H32N2O2/c1-5-6-11-14(16(19)21)15(12-13-9-7-8-10-13)17(22)20-18(2,3)4/h5,13-15H,1,6-12H2,2-4H3,(H2,19,21)(H,20,22). The lowest BCUT2D eigenvalue weighted by atomic mass is 9.80. The first kappa shape index (κ1) is 18.7. The third-order valence-electron chi connectivity index (χ3n) is 4.43. The molecule has 2 atom stereocenters. The average Bonchev–Trinajstić information content (AvgIpc) is 2.88. The van der Waals surface area contributed by atoms with Crippen LogP contribution in [-0.2, 0) is 9.59 Å². The second-order valence-electron chi connectivity index (χ2n) is 7.61.